The summed E-state index contributed by atoms with van der Waals surface area (Å²) < 4.78 is 13.6. The molecule has 0 aliphatic carbocycles. The second-order valence-electron chi connectivity index (χ2n) is 3.71. The normalized spacial score (nSPS) is 11.6. The molecule has 0 bridgehead atoms. The molecule has 18 heavy (non-hydrogen) atoms. The molecule has 0 saturated carbocycles. The lowest BCUT2D eigenvalue weighted by Crippen LogP contribution is -2.31. The van der Waals surface area contributed by atoms with Crippen LogP contribution in [0.25, 0.3) is 0 Å². The summed E-state index contributed by atoms with van der Waals surface area (Å²) in [5, 5.41) is 11.3. The van der Waals surface area contributed by atoms with Gasteiger partial charge in [-0.2, -0.15) is 0 Å². The van der Waals surface area contributed by atoms with Crippen molar-refractivity contribution in [1.29, 1.82) is 0 Å². The molecule has 0 fully saturated rings. The van der Waals surface area contributed by atoms with Gasteiger partial charge in [0, 0.05) is 12.1 Å². The zero-order chi connectivity index (χ0) is 13.5. The van der Waals surface area contributed by atoms with Gasteiger partial charge in [0.05, 0.1) is 12.3 Å². The first-order chi connectivity index (χ1) is 8.56. The number of carboxylic acids is 1. The Kier molecular flexibility index (Phi) is 5.05. The van der Waals surface area contributed by atoms with E-state index in [0.29, 0.717) is 0 Å². The third-order valence-electron chi connectivity index (χ3n) is 2.40. The predicted molar refractivity (Wildman–Crippen MR) is 64.6 cm³/mol. The van der Waals surface area contributed by atoms with Gasteiger partial charge in [0.25, 0.3) is 0 Å². The third-order valence-corrected chi connectivity index (χ3v) is 2.40. The van der Waals surface area contributed by atoms with E-state index in [4.69, 9.17) is 5.11 Å². The molecular formula is C13H14FNO3. The van der Waals surface area contributed by atoms with E-state index in [1.807, 2.05) is 0 Å². The van der Waals surface area contributed by atoms with Gasteiger partial charge in [-0.3, -0.25) is 9.59 Å². The van der Waals surface area contributed by atoms with Gasteiger partial charge in [-0.15, -0.1) is 6.58 Å². The molecule has 1 rings (SSSR count). The number of hydrogen-bond acceptors (Lipinski definition) is 2. The highest BCUT2D eigenvalue weighted by atomic mass is 19.1. The first-order valence-corrected chi connectivity index (χ1v) is 5.41. The largest absolute Gasteiger partial charge is 0.481 e. The van der Waals surface area contributed by atoms with Crippen molar-refractivity contribution in [2.75, 3.05) is 6.54 Å². The summed E-state index contributed by atoms with van der Waals surface area (Å²) in [5.74, 6) is -3.31. The number of amides is 1. The molecule has 0 heterocycles. The van der Waals surface area contributed by atoms with Gasteiger partial charge in [-0.1, -0.05) is 24.3 Å². The predicted octanol–water partition coefficient (Wildman–Crippen LogP) is 1.69. The average Bonchev–Trinajstić information content (AvgIpc) is 2.34. The Hall–Kier alpha value is -2.17. The number of halogens is 1. The van der Waals surface area contributed by atoms with Crippen molar-refractivity contribution < 1.29 is 19.1 Å². The van der Waals surface area contributed by atoms with E-state index in [2.05, 4.69) is 11.9 Å². The maximum Gasteiger partial charge on any atom is 0.304 e. The Morgan fingerprint density at radius 2 is 2.11 bits per heavy atom. The third kappa shape index (κ3) is 3.69. The molecular weight excluding hydrogens is 237 g/mol. The minimum absolute atomic E-state index is 0.0847. The Balaban J connectivity index is 2.97. The highest BCUT2D eigenvalue weighted by Gasteiger charge is 2.25. The molecule has 2 N–H and O–H groups in total. The van der Waals surface area contributed by atoms with E-state index in [1.165, 1.54) is 24.3 Å². The van der Waals surface area contributed by atoms with E-state index in [-0.39, 0.29) is 12.1 Å². The van der Waals surface area contributed by atoms with Gasteiger partial charge in [-0.05, 0) is 6.07 Å². The van der Waals surface area contributed by atoms with Crippen LogP contribution >= 0.6 is 0 Å². The van der Waals surface area contributed by atoms with E-state index in [9.17, 15) is 14.0 Å². The maximum atomic E-state index is 13.6. The van der Waals surface area contributed by atoms with Gasteiger partial charge in [0.2, 0.25) is 5.91 Å². The molecule has 4 nitrogen and oxygen atoms in total. The van der Waals surface area contributed by atoms with Crippen LogP contribution < -0.4 is 5.32 Å². The lowest BCUT2D eigenvalue weighted by molar-refractivity contribution is -0.139. The topological polar surface area (TPSA) is 66.4 Å². The van der Waals surface area contributed by atoms with Crippen LogP contribution in [0.15, 0.2) is 36.9 Å². The first-order valence-electron chi connectivity index (χ1n) is 5.41. The lowest BCUT2D eigenvalue weighted by atomic mass is 9.94. The summed E-state index contributed by atoms with van der Waals surface area (Å²) in [6.45, 7) is 3.65. The fraction of sp³-hybridized carbons (Fsp3) is 0.231. The van der Waals surface area contributed by atoms with Crippen molar-refractivity contribution in [1.82, 2.24) is 5.32 Å². The van der Waals surface area contributed by atoms with Crippen molar-refractivity contribution in [2.45, 2.75) is 12.3 Å². The van der Waals surface area contributed by atoms with Crippen LogP contribution in [0.1, 0.15) is 17.9 Å². The molecule has 0 aliphatic rings. The van der Waals surface area contributed by atoms with Crippen molar-refractivity contribution in [3.63, 3.8) is 0 Å². The molecule has 1 aromatic rings. The quantitative estimate of drug-likeness (QED) is 0.756. The maximum absolute atomic E-state index is 13.6. The molecule has 0 aliphatic heterocycles. The van der Waals surface area contributed by atoms with Gasteiger partial charge in [-0.25, -0.2) is 4.39 Å². The molecule has 1 atom stereocenters. The SMILES string of the molecule is C=CCNC(=O)C(CC(=O)O)c1ccccc1F. The summed E-state index contributed by atoms with van der Waals surface area (Å²) in [6, 6.07) is 5.66. The second-order valence-corrected chi connectivity index (χ2v) is 3.71. The van der Waals surface area contributed by atoms with Crippen LogP contribution in [0, 0.1) is 5.82 Å². The van der Waals surface area contributed by atoms with Crippen LogP contribution in [0.5, 0.6) is 0 Å². The minimum Gasteiger partial charge on any atom is -0.481 e. The Bertz CT molecular complexity index is 459. The summed E-state index contributed by atoms with van der Waals surface area (Å²) in [6.07, 6.45) is 1.01. The summed E-state index contributed by atoms with van der Waals surface area (Å²) in [7, 11) is 0. The minimum atomic E-state index is -1.16. The Labute approximate surface area is 104 Å². The fourth-order valence-electron chi connectivity index (χ4n) is 1.57. The van der Waals surface area contributed by atoms with E-state index >= 15 is 0 Å². The standard InChI is InChI=1S/C13H14FNO3/c1-2-7-15-13(18)10(8-12(16)17)9-5-3-4-6-11(9)14/h2-6,10H,1,7-8H2,(H,15,18)(H,16,17). The highest BCUT2D eigenvalue weighted by molar-refractivity contribution is 5.87. The van der Waals surface area contributed by atoms with Crippen molar-refractivity contribution in [3.8, 4) is 0 Å². The number of hydrogen-bond donors (Lipinski definition) is 2. The average molecular weight is 251 g/mol. The number of rotatable bonds is 6. The summed E-state index contributed by atoms with van der Waals surface area (Å²) in [5.41, 5.74) is 0.0847. The Morgan fingerprint density at radius 3 is 2.67 bits per heavy atom. The van der Waals surface area contributed by atoms with Crippen molar-refractivity contribution in [2.24, 2.45) is 0 Å². The number of aliphatic carboxylic acids is 1. The molecule has 1 amide bonds. The van der Waals surface area contributed by atoms with Crippen LogP contribution in [-0.2, 0) is 9.59 Å². The van der Waals surface area contributed by atoms with Gasteiger partial charge in [0.1, 0.15) is 5.82 Å². The number of nitrogens with one attached hydrogen (secondary N) is 1. The van der Waals surface area contributed by atoms with E-state index in [1.54, 1.807) is 6.07 Å². The molecule has 5 heteroatoms. The van der Waals surface area contributed by atoms with Crippen LogP contribution in [-0.4, -0.2) is 23.5 Å². The molecule has 0 radical (unpaired) electrons. The number of carbonyl (C=O) groups is 2. The van der Waals surface area contributed by atoms with E-state index in [0.717, 1.165) is 0 Å². The molecule has 1 aromatic carbocycles. The first kappa shape index (κ1) is 13.9. The zero-order valence-electron chi connectivity index (χ0n) is 9.73. The molecule has 0 aromatic heterocycles. The molecule has 0 spiro atoms. The fourth-order valence-corrected chi connectivity index (χ4v) is 1.57. The second kappa shape index (κ2) is 6.54. The summed E-state index contributed by atoms with van der Waals surface area (Å²) in [4.78, 5) is 22.6. The smallest absolute Gasteiger partial charge is 0.304 e. The monoisotopic (exact) mass is 251 g/mol. The number of carbonyl (C=O) groups excluding carboxylic acids is 1. The van der Waals surface area contributed by atoms with Gasteiger partial charge in [0.15, 0.2) is 0 Å². The van der Waals surface area contributed by atoms with E-state index < -0.39 is 30.0 Å². The van der Waals surface area contributed by atoms with Crippen LogP contribution in [0.3, 0.4) is 0 Å². The zero-order valence-corrected chi connectivity index (χ0v) is 9.73. The number of carboxylic acid groups (broad SMARTS) is 1. The van der Waals surface area contributed by atoms with Gasteiger partial charge < -0.3 is 10.4 Å². The van der Waals surface area contributed by atoms with Crippen LogP contribution in [0.2, 0.25) is 0 Å². The van der Waals surface area contributed by atoms with Crippen LogP contribution in [0.4, 0.5) is 4.39 Å². The Morgan fingerprint density at radius 1 is 1.44 bits per heavy atom. The molecule has 96 valence electrons. The highest BCUT2D eigenvalue weighted by Crippen LogP contribution is 2.22. The summed E-state index contributed by atoms with van der Waals surface area (Å²) >= 11 is 0. The van der Waals surface area contributed by atoms with Crippen molar-refractivity contribution in [3.05, 3.63) is 48.3 Å². The molecule has 1 unspecified atom stereocenters. The van der Waals surface area contributed by atoms with Crippen molar-refractivity contribution >= 4 is 11.9 Å². The number of benzene rings is 1. The molecule has 0 saturated heterocycles. The lowest BCUT2D eigenvalue weighted by Gasteiger charge is -2.15. The van der Waals surface area contributed by atoms with Gasteiger partial charge >= 0.3 is 5.97 Å².